The van der Waals surface area contributed by atoms with Crippen LogP contribution in [-0.4, -0.2) is 52.5 Å². The second-order valence-electron chi connectivity index (χ2n) is 5.42. The van der Waals surface area contributed by atoms with E-state index < -0.39 is 32.2 Å². The summed E-state index contributed by atoms with van der Waals surface area (Å²) >= 11 is 0. The molecule has 126 valence electrons. The zero-order chi connectivity index (χ0) is 15.9. The van der Waals surface area contributed by atoms with Crippen LogP contribution >= 0.6 is 7.82 Å². The van der Waals surface area contributed by atoms with Crippen LogP contribution in [0.25, 0.3) is 0 Å². The largest absolute Gasteiger partial charge is 0.470 e. The zero-order valence-corrected chi connectivity index (χ0v) is 13.6. The van der Waals surface area contributed by atoms with E-state index in [0.29, 0.717) is 6.61 Å². The lowest BCUT2D eigenvalue weighted by Gasteiger charge is -2.19. The summed E-state index contributed by atoms with van der Waals surface area (Å²) in [7, 11) is -4.64. The molecular weight excluding hydrogens is 299 g/mol. The SMILES string of the molecule is CCCCCCCOCC1OC(C)C(OP(=O)(O)O)C1O. The summed E-state index contributed by atoms with van der Waals surface area (Å²) in [5.41, 5.74) is 0. The van der Waals surface area contributed by atoms with E-state index in [4.69, 9.17) is 19.3 Å². The van der Waals surface area contributed by atoms with Gasteiger partial charge in [0.25, 0.3) is 0 Å². The number of unbranched alkanes of at least 4 members (excludes halogenated alkanes) is 4. The van der Waals surface area contributed by atoms with Gasteiger partial charge in [0.1, 0.15) is 18.3 Å². The molecule has 7 nitrogen and oxygen atoms in total. The van der Waals surface area contributed by atoms with Gasteiger partial charge in [-0.25, -0.2) is 4.57 Å². The molecule has 0 aromatic rings. The second-order valence-corrected chi connectivity index (χ2v) is 6.61. The average molecular weight is 326 g/mol. The van der Waals surface area contributed by atoms with E-state index in [2.05, 4.69) is 11.4 Å². The standard InChI is InChI=1S/C13H27O7P/c1-3-4-5-6-7-8-18-9-11-12(14)13(10(2)19-11)20-21(15,16)17/h10-14H,3-9H2,1-2H3,(H2,15,16,17). The fourth-order valence-corrected chi connectivity index (χ4v) is 2.99. The van der Waals surface area contributed by atoms with Gasteiger partial charge in [-0.2, -0.15) is 0 Å². The first-order valence-corrected chi connectivity index (χ1v) is 9.03. The third-order valence-electron chi connectivity index (χ3n) is 3.50. The molecule has 0 radical (unpaired) electrons. The highest BCUT2D eigenvalue weighted by molar-refractivity contribution is 7.46. The Balaban J connectivity index is 2.23. The minimum atomic E-state index is -4.64. The molecule has 1 aliphatic heterocycles. The molecule has 8 heteroatoms. The monoisotopic (exact) mass is 326 g/mol. The second kappa shape index (κ2) is 9.20. The minimum absolute atomic E-state index is 0.195. The van der Waals surface area contributed by atoms with Gasteiger partial charge in [-0.3, -0.25) is 4.52 Å². The summed E-state index contributed by atoms with van der Waals surface area (Å²) < 4.78 is 26.3. The Morgan fingerprint density at radius 1 is 1.19 bits per heavy atom. The van der Waals surface area contributed by atoms with E-state index in [1.807, 2.05) is 0 Å². The highest BCUT2D eigenvalue weighted by atomic mass is 31.2. The number of phosphoric acid groups is 1. The molecule has 1 aliphatic rings. The maximum Gasteiger partial charge on any atom is 0.470 e. The van der Waals surface area contributed by atoms with E-state index >= 15 is 0 Å². The van der Waals surface area contributed by atoms with Gasteiger partial charge in [0, 0.05) is 6.61 Å². The van der Waals surface area contributed by atoms with Gasteiger partial charge in [-0.05, 0) is 13.3 Å². The van der Waals surface area contributed by atoms with Crippen molar-refractivity contribution in [3.05, 3.63) is 0 Å². The molecule has 1 heterocycles. The Kier molecular flexibility index (Phi) is 8.34. The van der Waals surface area contributed by atoms with Crippen molar-refractivity contribution in [2.75, 3.05) is 13.2 Å². The first kappa shape index (κ1) is 19.0. The normalized spacial score (nSPS) is 30.0. The molecule has 0 aliphatic carbocycles. The fraction of sp³-hybridized carbons (Fsp3) is 1.00. The number of rotatable bonds is 10. The molecule has 0 aromatic carbocycles. The van der Waals surface area contributed by atoms with Crippen LogP contribution in [0.1, 0.15) is 46.0 Å². The molecule has 1 rings (SSSR count). The van der Waals surface area contributed by atoms with E-state index in [0.717, 1.165) is 12.8 Å². The van der Waals surface area contributed by atoms with Crippen LogP contribution in [0.15, 0.2) is 0 Å². The van der Waals surface area contributed by atoms with E-state index in [1.54, 1.807) is 6.92 Å². The molecule has 4 atom stereocenters. The summed E-state index contributed by atoms with van der Waals surface area (Å²) in [6.07, 6.45) is 2.33. The fourth-order valence-electron chi connectivity index (χ4n) is 2.37. The Morgan fingerprint density at radius 3 is 2.48 bits per heavy atom. The molecule has 0 spiro atoms. The summed E-state index contributed by atoms with van der Waals surface area (Å²) in [6.45, 7) is 4.55. The van der Waals surface area contributed by atoms with Crippen molar-refractivity contribution >= 4 is 7.82 Å². The van der Waals surface area contributed by atoms with Crippen molar-refractivity contribution in [2.24, 2.45) is 0 Å². The molecule has 4 unspecified atom stereocenters. The van der Waals surface area contributed by atoms with Gasteiger partial charge < -0.3 is 24.4 Å². The van der Waals surface area contributed by atoms with Crippen molar-refractivity contribution in [3.63, 3.8) is 0 Å². The predicted octanol–water partition coefficient (Wildman–Crippen LogP) is 1.60. The van der Waals surface area contributed by atoms with E-state index in [-0.39, 0.29) is 6.61 Å². The highest BCUT2D eigenvalue weighted by Crippen LogP contribution is 2.41. The molecule has 1 fully saturated rings. The number of aliphatic hydroxyl groups excluding tert-OH is 1. The zero-order valence-electron chi connectivity index (χ0n) is 12.7. The Labute approximate surface area is 125 Å². The van der Waals surface area contributed by atoms with Crippen molar-refractivity contribution in [1.82, 2.24) is 0 Å². The summed E-state index contributed by atoms with van der Waals surface area (Å²) in [5, 5.41) is 9.98. The lowest BCUT2D eigenvalue weighted by Crippen LogP contribution is -2.35. The maximum absolute atomic E-state index is 10.8. The lowest BCUT2D eigenvalue weighted by molar-refractivity contribution is -0.0412. The van der Waals surface area contributed by atoms with Crippen LogP contribution in [-0.2, 0) is 18.6 Å². The van der Waals surface area contributed by atoms with Crippen molar-refractivity contribution < 1.29 is 33.5 Å². The smallest absolute Gasteiger partial charge is 0.387 e. The molecule has 3 N–H and O–H groups in total. The number of hydrogen-bond donors (Lipinski definition) is 3. The summed E-state index contributed by atoms with van der Waals surface area (Å²) in [4.78, 5) is 17.6. The van der Waals surface area contributed by atoms with Crippen molar-refractivity contribution in [2.45, 2.75) is 70.4 Å². The number of hydrogen-bond acceptors (Lipinski definition) is 5. The molecular formula is C13H27O7P. The molecule has 0 amide bonds. The molecule has 0 bridgehead atoms. The first-order valence-electron chi connectivity index (χ1n) is 7.50. The third kappa shape index (κ3) is 7.19. The highest BCUT2D eigenvalue weighted by Gasteiger charge is 2.45. The minimum Gasteiger partial charge on any atom is -0.387 e. The van der Waals surface area contributed by atoms with Crippen molar-refractivity contribution in [3.8, 4) is 0 Å². The van der Waals surface area contributed by atoms with Gasteiger partial charge in [-0.1, -0.05) is 32.6 Å². The number of aliphatic hydroxyl groups is 1. The van der Waals surface area contributed by atoms with Crippen molar-refractivity contribution in [1.29, 1.82) is 0 Å². The summed E-state index contributed by atoms with van der Waals surface area (Å²) in [6, 6.07) is 0. The van der Waals surface area contributed by atoms with Gasteiger partial charge in [0.2, 0.25) is 0 Å². The van der Waals surface area contributed by atoms with Crippen LogP contribution < -0.4 is 0 Å². The Morgan fingerprint density at radius 2 is 1.86 bits per heavy atom. The molecule has 1 saturated heterocycles. The molecule has 0 aromatic heterocycles. The Hall–Kier alpha value is -0.0100. The van der Waals surface area contributed by atoms with Crippen LogP contribution in [0, 0.1) is 0 Å². The van der Waals surface area contributed by atoms with Gasteiger partial charge in [0.15, 0.2) is 0 Å². The van der Waals surface area contributed by atoms with Gasteiger partial charge in [0.05, 0.1) is 12.7 Å². The summed E-state index contributed by atoms with van der Waals surface area (Å²) in [5.74, 6) is 0. The quantitative estimate of drug-likeness (QED) is 0.413. The molecule has 0 saturated carbocycles. The number of ether oxygens (including phenoxy) is 2. The maximum atomic E-state index is 10.8. The van der Waals surface area contributed by atoms with Gasteiger partial charge in [-0.15, -0.1) is 0 Å². The van der Waals surface area contributed by atoms with Crippen LogP contribution in [0.3, 0.4) is 0 Å². The van der Waals surface area contributed by atoms with Crippen LogP contribution in [0.5, 0.6) is 0 Å². The third-order valence-corrected chi connectivity index (χ3v) is 4.02. The van der Waals surface area contributed by atoms with E-state index in [1.165, 1.54) is 19.3 Å². The predicted molar refractivity (Wildman–Crippen MR) is 76.8 cm³/mol. The van der Waals surface area contributed by atoms with E-state index in [9.17, 15) is 9.67 Å². The first-order chi connectivity index (χ1) is 9.85. The number of phosphoric ester groups is 1. The Bertz CT molecular complexity index is 332. The van der Waals surface area contributed by atoms with Crippen LogP contribution in [0.4, 0.5) is 0 Å². The van der Waals surface area contributed by atoms with Gasteiger partial charge >= 0.3 is 7.82 Å². The topological polar surface area (TPSA) is 105 Å². The molecule has 21 heavy (non-hydrogen) atoms. The average Bonchev–Trinajstić information content (AvgIpc) is 2.64. The van der Waals surface area contributed by atoms with Crippen LogP contribution in [0.2, 0.25) is 0 Å². The lowest BCUT2D eigenvalue weighted by atomic mass is 10.1.